The highest BCUT2D eigenvalue weighted by molar-refractivity contribution is 5.88. The van der Waals surface area contributed by atoms with Gasteiger partial charge in [0.2, 0.25) is 0 Å². The van der Waals surface area contributed by atoms with Crippen molar-refractivity contribution in [3.05, 3.63) is 0 Å². The molecular weight excluding hydrogens is 234 g/mol. The van der Waals surface area contributed by atoms with Gasteiger partial charge in [0, 0.05) is 26.1 Å². The van der Waals surface area contributed by atoms with E-state index >= 15 is 0 Å². The van der Waals surface area contributed by atoms with Crippen molar-refractivity contribution < 1.29 is 15.3 Å². The lowest BCUT2D eigenvalue weighted by molar-refractivity contribution is -0.0603. The van der Waals surface area contributed by atoms with Gasteiger partial charge < -0.3 is 15.3 Å². The molecule has 2 fully saturated rings. The summed E-state index contributed by atoms with van der Waals surface area (Å²) >= 11 is 0. The lowest BCUT2D eigenvalue weighted by Gasteiger charge is -2.48. The predicted molar refractivity (Wildman–Crippen MR) is 66.1 cm³/mol. The van der Waals surface area contributed by atoms with E-state index < -0.39 is 18.3 Å². The van der Waals surface area contributed by atoms with Crippen LogP contribution in [0.4, 0.5) is 0 Å². The van der Waals surface area contributed by atoms with Gasteiger partial charge in [-0.3, -0.25) is 9.91 Å². The number of hydrogen-bond acceptors (Lipinski definition) is 6. The quantitative estimate of drug-likeness (QED) is 0.489. The summed E-state index contributed by atoms with van der Waals surface area (Å²) in [5.74, 6) is 0.316. The van der Waals surface area contributed by atoms with Crippen molar-refractivity contribution in [3.63, 3.8) is 0 Å². The Morgan fingerprint density at radius 1 is 1.17 bits per heavy atom. The summed E-state index contributed by atoms with van der Waals surface area (Å²) in [6, 6.07) is -0.212. The van der Waals surface area contributed by atoms with Gasteiger partial charge in [0.05, 0.1) is 36.1 Å². The molecule has 3 heterocycles. The van der Waals surface area contributed by atoms with E-state index in [1.165, 1.54) is 0 Å². The lowest BCUT2D eigenvalue weighted by atomic mass is 9.80. The van der Waals surface area contributed by atoms with Crippen molar-refractivity contribution in [2.45, 2.75) is 43.7 Å². The number of rotatable bonds is 0. The van der Waals surface area contributed by atoms with Crippen molar-refractivity contribution in [2.24, 2.45) is 11.0 Å². The van der Waals surface area contributed by atoms with Gasteiger partial charge in [-0.25, -0.2) is 0 Å². The number of aliphatic hydroxyl groups is 3. The second-order valence-corrected chi connectivity index (χ2v) is 5.83. The number of nitrogens with zero attached hydrogens (tertiary/aromatic N) is 3. The van der Waals surface area contributed by atoms with Gasteiger partial charge in [-0.1, -0.05) is 0 Å². The minimum absolute atomic E-state index is 0.140. The third-order valence-electron chi connectivity index (χ3n) is 4.52. The summed E-state index contributed by atoms with van der Waals surface area (Å²) in [7, 11) is 1.94. The van der Waals surface area contributed by atoms with Crippen molar-refractivity contribution in [2.75, 3.05) is 20.1 Å². The van der Waals surface area contributed by atoms with E-state index in [0.717, 1.165) is 12.3 Å². The van der Waals surface area contributed by atoms with Gasteiger partial charge in [-0.05, 0) is 13.3 Å². The first kappa shape index (κ1) is 12.3. The fourth-order valence-corrected chi connectivity index (χ4v) is 3.93. The number of aliphatic hydroxyl groups excluding tert-OH is 3. The number of piperidine rings is 1. The zero-order valence-electron chi connectivity index (χ0n) is 10.8. The first-order chi connectivity index (χ1) is 8.49. The summed E-state index contributed by atoms with van der Waals surface area (Å²) in [6.07, 6.45) is -1.53. The van der Waals surface area contributed by atoms with E-state index in [0.29, 0.717) is 18.9 Å². The molecule has 0 aromatic rings. The summed E-state index contributed by atoms with van der Waals surface area (Å²) in [4.78, 5) is 2.04. The Labute approximate surface area is 107 Å². The van der Waals surface area contributed by atoms with Crippen molar-refractivity contribution in [3.8, 4) is 0 Å². The zero-order valence-corrected chi connectivity index (χ0v) is 10.8. The number of fused-ring (bicyclic) bond motifs is 3. The second-order valence-electron chi connectivity index (χ2n) is 5.83. The van der Waals surface area contributed by atoms with Crippen molar-refractivity contribution >= 4 is 5.71 Å². The van der Waals surface area contributed by atoms with Crippen LogP contribution < -0.4 is 0 Å². The summed E-state index contributed by atoms with van der Waals surface area (Å²) < 4.78 is 0. The average molecular weight is 255 g/mol. The minimum Gasteiger partial charge on any atom is -0.391 e. The molecule has 0 aromatic carbocycles. The van der Waals surface area contributed by atoms with Crippen LogP contribution in [0.25, 0.3) is 0 Å². The molecule has 3 rings (SSSR count). The highest BCUT2D eigenvalue weighted by atomic mass is 16.3. The summed E-state index contributed by atoms with van der Waals surface area (Å²) in [6.45, 7) is 3.22. The van der Waals surface area contributed by atoms with Gasteiger partial charge in [0.25, 0.3) is 0 Å². The molecule has 3 aliphatic heterocycles. The van der Waals surface area contributed by atoms with E-state index in [-0.39, 0.29) is 12.1 Å². The molecule has 3 N–H and O–H groups in total. The fourth-order valence-electron chi connectivity index (χ4n) is 3.93. The Morgan fingerprint density at radius 2 is 1.89 bits per heavy atom. The van der Waals surface area contributed by atoms with Crippen LogP contribution in [-0.2, 0) is 0 Å². The normalized spacial score (nSPS) is 48.7. The first-order valence-corrected chi connectivity index (χ1v) is 6.55. The lowest BCUT2D eigenvalue weighted by Crippen LogP contribution is -2.62. The minimum atomic E-state index is -0.853. The van der Waals surface area contributed by atoms with Gasteiger partial charge in [0.15, 0.2) is 0 Å². The molecule has 2 saturated heterocycles. The maximum atomic E-state index is 10.2. The largest absolute Gasteiger partial charge is 0.391 e. The van der Waals surface area contributed by atoms with Crippen LogP contribution >= 0.6 is 0 Å². The maximum Gasteiger partial charge on any atom is 0.0991 e. The first-order valence-electron chi connectivity index (χ1n) is 6.55. The molecule has 0 spiro atoms. The Balaban J connectivity index is 1.93. The smallest absolute Gasteiger partial charge is 0.0991 e. The van der Waals surface area contributed by atoms with Crippen LogP contribution in [0.15, 0.2) is 5.10 Å². The SMILES string of the molecule is CC1=NN(C)CC2C[C@@H](O)[C@@H]3[C@H](O)[C@H](O)CN3C12. The molecule has 0 bridgehead atoms. The molecule has 3 aliphatic rings. The summed E-state index contributed by atoms with van der Waals surface area (Å²) in [5, 5.41) is 36.4. The van der Waals surface area contributed by atoms with Crippen molar-refractivity contribution in [1.29, 1.82) is 0 Å². The topological polar surface area (TPSA) is 79.5 Å². The fraction of sp³-hybridized carbons (Fsp3) is 0.917. The van der Waals surface area contributed by atoms with Crippen LogP contribution in [-0.4, -0.2) is 81.5 Å². The number of hydrazone groups is 1. The molecule has 0 saturated carbocycles. The molecular formula is C12H21N3O3. The Bertz CT molecular complexity index is 376. The Morgan fingerprint density at radius 3 is 2.61 bits per heavy atom. The molecule has 6 heteroatoms. The second kappa shape index (κ2) is 4.16. The van der Waals surface area contributed by atoms with Crippen molar-refractivity contribution in [1.82, 2.24) is 9.91 Å². The Hall–Kier alpha value is -0.690. The zero-order chi connectivity index (χ0) is 13.0. The van der Waals surface area contributed by atoms with Crippen LogP contribution in [0, 0.1) is 5.92 Å². The van der Waals surface area contributed by atoms with Crippen LogP contribution in [0.3, 0.4) is 0 Å². The molecule has 6 nitrogen and oxygen atoms in total. The molecule has 0 radical (unpaired) electrons. The number of hydrogen-bond donors (Lipinski definition) is 3. The third kappa shape index (κ3) is 1.67. The monoisotopic (exact) mass is 255 g/mol. The van der Waals surface area contributed by atoms with Crippen LogP contribution in [0.5, 0.6) is 0 Å². The third-order valence-corrected chi connectivity index (χ3v) is 4.52. The van der Waals surface area contributed by atoms with Crippen LogP contribution in [0.2, 0.25) is 0 Å². The maximum absolute atomic E-state index is 10.2. The van der Waals surface area contributed by atoms with Gasteiger partial charge in [0.1, 0.15) is 0 Å². The van der Waals surface area contributed by atoms with E-state index in [2.05, 4.69) is 5.10 Å². The molecule has 102 valence electrons. The Kier molecular flexibility index (Phi) is 2.85. The standard InChI is InChI=1S/C12H21N3O3/c1-6-10-7(4-14(2)13-6)3-8(16)11-12(18)9(17)5-15(10)11/h7-12,16-18H,3-5H2,1-2H3/t7?,8-,9-,10?,11-,12-/m1/s1. The molecule has 2 unspecified atom stereocenters. The van der Waals surface area contributed by atoms with E-state index in [4.69, 9.17) is 0 Å². The van der Waals surface area contributed by atoms with E-state index in [1.807, 2.05) is 23.9 Å². The molecule has 0 aliphatic carbocycles. The van der Waals surface area contributed by atoms with Gasteiger partial charge >= 0.3 is 0 Å². The highest BCUT2D eigenvalue weighted by Crippen LogP contribution is 2.37. The van der Waals surface area contributed by atoms with E-state index in [9.17, 15) is 15.3 Å². The van der Waals surface area contributed by atoms with E-state index in [1.54, 1.807) is 0 Å². The average Bonchev–Trinajstić information content (AvgIpc) is 2.54. The van der Waals surface area contributed by atoms with Crippen LogP contribution in [0.1, 0.15) is 13.3 Å². The molecule has 18 heavy (non-hydrogen) atoms. The molecule has 0 aromatic heterocycles. The predicted octanol–water partition coefficient (Wildman–Crippen LogP) is -1.54. The molecule has 0 amide bonds. The van der Waals surface area contributed by atoms with Gasteiger partial charge in [-0.2, -0.15) is 5.10 Å². The van der Waals surface area contributed by atoms with Gasteiger partial charge in [-0.15, -0.1) is 0 Å². The summed E-state index contributed by atoms with van der Waals surface area (Å²) in [5.41, 5.74) is 1.01. The molecule has 6 atom stereocenters. The highest BCUT2D eigenvalue weighted by Gasteiger charge is 2.53.